The Kier molecular flexibility index (Phi) is 5.61. The van der Waals surface area contributed by atoms with Gasteiger partial charge in [-0.3, -0.25) is 9.69 Å². The Bertz CT molecular complexity index is 684. The minimum Gasteiger partial charge on any atom is -0.442 e. The van der Waals surface area contributed by atoms with Crippen LogP contribution < -0.4 is 20.9 Å². The zero-order valence-corrected chi connectivity index (χ0v) is 14.9. The second-order valence-corrected chi connectivity index (χ2v) is 6.89. The highest BCUT2D eigenvalue weighted by molar-refractivity contribution is 5.90. The average Bonchev–Trinajstić information content (AvgIpc) is 2.82. The zero-order valence-electron chi connectivity index (χ0n) is 14.9. The molecule has 0 saturated carbocycles. The first-order valence-corrected chi connectivity index (χ1v) is 8.96. The lowest BCUT2D eigenvalue weighted by Gasteiger charge is -2.26. The number of carbonyl (C=O) groups is 2. The SMILES string of the molecule is CC(=O)NC[C@H]1CN(c2ccc(N3CCCC[C@@H](N)C3)c(F)c2)C(=O)O1. The van der Waals surface area contributed by atoms with Crippen LogP contribution in [0, 0.1) is 5.82 Å². The molecule has 3 N–H and O–H groups in total. The normalized spacial score (nSPS) is 23.6. The van der Waals surface area contributed by atoms with E-state index in [-0.39, 0.29) is 30.9 Å². The lowest BCUT2D eigenvalue weighted by Crippen LogP contribution is -2.36. The van der Waals surface area contributed by atoms with E-state index in [1.165, 1.54) is 17.9 Å². The highest BCUT2D eigenvalue weighted by Crippen LogP contribution is 2.29. The summed E-state index contributed by atoms with van der Waals surface area (Å²) >= 11 is 0. The third-order valence-corrected chi connectivity index (χ3v) is 4.74. The molecule has 0 aliphatic carbocycles. The molecule has 2 aliphatic rings. The van der Waals surface area contributed by atoms with Crippen LogP contribution in [0.25, 0.3) is 0 Å². The molecule has 142 valence electrons. The smallest absolute Gasteiger partial charge is 0.414 e. The summed E-state index contributed by atoms with van der Waals surface area (Å²) in [5.74, 6) is -0.569. The van der Waals surface area contributed by atoms with Crippen LogP contribution in [-0.2, 0) is 9.53 Å². The van der Waals surface area contributed by atoms with Gasteiger partial charge in [0.05, 0.1) is 24.5 Å². The van der Waals surface area contributed by atoms with E-state index in [2.05, 4.69) is 5.32 Å². The fraction of sp³-hybridized carbons (Fsp3) is 0.556. The summed E-state index contributed by atoms with van der Waals surface area (Å²) in [7, 11) is 0. The van der Waals surface area contributed by atoms with Crippen LogP contribution in [0.5, 0.6) is 0 Å². The van der Waals surface area contributed by atoms with Crippen molar-refractivity contribution in [2.24, 2.45) is 5.73 Å². The molecule has 8 heteroatoms. The number of hydrogen-bond donors (Lipinski definition) is 2. The van der Waals surface area contributed by atoms with Gasteiger partial charge in [-0.15, -0.1) is 0 Å². The first-order chi connectivity index (χ1) is 12.4. The standard InChI is InChI=1S/C18H25FN4O3/c1-12(24)21-9-15-11-23(18(25)26-15)14-5-6-17(16(19)8-14)22-7-3-2-4-13(20)10-22/h5-6,8,13,15H,2-4,7,9-11,20H2,1H3,(H,21,24)/t13-,15+/m1/s1. The van der Waals surface area contributed by atoms with E-state index in [1.807, 2.05) is 4.90 Å². The molecule has 2 amide bonds. The van der Waals surface area contributed by atoms with Crippen LogP contribution >= 0.6 is 0 Å². The van der Waals surface area contributed by atoms with E-state index in [0.29, 0.717) is 17.9 Å². The van der Waals surface area contributed by atoms with Crippen molar-refractivity contribution >= 4 is 23.4 Å². The van der Waals surface area contributed by atoms with Gasteiger partial charge in [-0.05, 0) is 31.0 Å². The van der Waals surface area contributed by atoms with Crippen LogP contribution in [0.2, 0.25) is 0 Å². The lowest BCUT2D eigenvalue weighted by atomic mass is 10.1. The molecule has 3 rings (SSSR count). The van der Waals surface area contributed by atoms with E-state index < -0.39 is 12.2 Å². The summed E-state index contributed by atoms with van der Waals surface area (Å²) < 4.78 is 19.9. The predicted octanol–water partition coefficient (Wildman–Crippen LogP) is 1.60. The molecule has 2 atom stereocenters. The van der Waals surface area contributed by atoms with Crippen LogP contribution in [0.1, 0.15) is 26.2 Å². The number of nitrogens with zero attached hydrogens (tertiary/aromatic N) is 2. The maximum absolute atomic E-state index is 14.7. The minimum atomic E-state index is -0.538. The number of cyclic esters (lactones) is 1. The van der Waals surface area contributed by atoms with Gasteiger partial charge in [0.1, 0.15) is 11.9 Å². The van der Waals surface area contributed by atoms with Crippen LogP contribution in [-0.4, -0.2) is 50.3 Å². The van der Waals surface area contributed by atoms with E-state index in [9.17, 15) is 14.0 Å². The monoisotopic (exact) mass is 364 g/mol. The second-order valence-electron chi connectivity index (χ2n) is 6.89. The maximum atomic E-state index is 14.7. The first-order valence-electron chi connectivity index (χ1n) is 8.96. The quantitative estimate of drug-likeness (QED) is 0.847. The minimum absolute atomic E-state index is 0.0414. The summed E-state index contributed by atoms with van der Waals surface area (Å²) in [4.78, 5) is 26.4. The van der Waals surface area contributed by atoms with Gasteiger partial charge in [0.2, 0.25) is 5.91 Å². The van der Waals surface area contributed by atoms with Gasteiger partial charge in [-0.1, -0.05) is 6.42 Å². The van der Waals surface area contributed by atoms with Crippen molar-refractivity contribution in [2.75, 3.05) is 36.0 Å². The number of ether oxygens (including phenoxy) is 1. The Hall–Kier alpha value is -2.35. The third kappa shape index (κ3) is 4.24. The summed E-state index contributed by atoms with van der Waals surface area (Å²) in [6.07, 6.45) is 2.00. The molecule has 0 radical (unpaired) electrons. The van der Waals surface area contributed by atoms with Gasteiger partial charge in [-0.25, -0.2) is 9.18 Å². The van der Waals surface area contributed by atoms with Gasteiger partial charge in [-0.2, -0.15) is 0 Å². The number of nitrogens with two attached hydrogens (primary N) is 1. The highest BCUT2D eigenvalue weighted by Gasteiger charge is 2.33. The molecule has 2 aliphatic heterocycles. The molecular weight excluding hydrogens is 339 g/mol. The molecule has 0 aromatic heterocycles. The average molecular weight is 364 g/mol. The van der Waals surface area contributed by atoms with Crippen molar-refractivity contribution in [3.05, 3.63) is 24.0 Å². The fourth-order valence-electron chi connectivity index (χ4n) is 3.41. The van der Waals surface area contributed by atoms with Crippen LogP contribution in [0.4, 0.5) is 20.6 Å². The second kappa shape index (κ2) is 7.90. The first kappa shape index (κ1) is 18.4. The Labute approximate surface area is 152 Å². The molecule has 0 unspecified atom stereocenters. The van der Waals surface area contributed by atoms with Crippen LogP contribution in [0.3, 0.4) is 0 Å². The molecule has 2 heterocycles. The van der Waals surface area contributed by atoms with E-state index in [0.717, 1.165) is 25.8 Å². The molecule has 0 bridgehead atoms. The molecule has 26 heavy (non-hydrogen) atoms. The highest BCUT2D eigenvalue weighted by atomic mass is 19.1. The number of benzene rings is 1. The van der Waals surface area contributed by atoms with Crippen molar-refractivity contribution in [1.82, 2.24) is 5.32 Å². The number of anilines is 2. The Morgan fingerprint density at radius 1 is 1.38 bits per heavy atom. The van der Waals surface area contributed by atoms with E-state index in [4.69, 9.17) is 10.5 Å². The van der Waals surface area contributed by atoms with E-state index in [1.54, 1.807) is 12.1 Å². The molecule has 0 spiro atoms. The third-order valence-electron chi connectivity index (χ3n) is 4.74. The van der Waals surface area contributed by atoms with E-state index >= 15 is 0 Å². The lowest BCUT2D eigenvalue weighted by molar-refractivity contribution is -0.119. The molecule has 7 nitrogen and oxygen atoms in total. The summed E-state index contributed by atoms with van der Waals surface area (Å²) in [6, 6.07) is 4.81. The van der Waals surface area contributed by atoms with Crippen molar-refractivity contribution in [3.63, 3.8) is 0 Å². The molecule has 1 aromatic rings. The summed E-state index contributed by atoms with van der Waals surface area (Å²) in [5, 5.41) is 2.62. The summed E-state index contributed by atoms with van der Waals surface area (Å²) in [6.45, 7) is 3.31. The number of nitrogens with one attached hydrogen (secondary N) is 1. The number of halogens is 1. The number of rotatable bonds is 4. The topological polar surface area (TPSA) is 87.9 Å². The van der Waals surface area contributed by atoms with Crippen LogP contribution in [0.15, 0.2) is 18.2 Å². The largest absolute Gasteiger partial charge is 0.442 e. The molecule has 2 fully saturated rings. The molecule has 2 saturated heterocycles. The van der Waals surface area contributed by atoms with Crippen molar-refractivity contribution in [1.29, 1.82) is 0 Å². The Balaban J connectivity index is 1.71. The Morgan fingerprint density at radius 3 is 2.92 bits per heavy atom. The number of amides is 2. The fourth-order valence-corrected chi connectivity index (χ4v) is 3.41. The van der Waals surface area contributed by atoms with Gasteiger partial charge in [0.15, 0.2) is 0 Å². The van der Waals surface area contributed by atoms with Gasteiger partial charge >= 0.3 is 6.09 Å². The predicted molar refractivity (Wildman–Crippen MR) is 96.7 cm³/mol. The van der Waals surface area contributed by atoms with Gasteiger partial charge in [0, 0.05) is 26.1 Å². The summed E-state index contributed by atoms with van der Waals surface area (Å²) in [5.41, 5.74) is 7.01. The van der Waals surface area contributed by atoms with Crippen molar-refractivity contribution < 1.29 is 18.7 Å². The van der Waals surface area contributed by atoms with Crippen molar-refractivity contribution in [3.8, 4) is 0 Å². The molecular formula is C18H25FN4O3. The van der Waals surface area contributed by atoms with Gasteiger partial charge in [0.25, 0.3) is 0 Å². The Morgan fingerprint density at radius 2 is 2.19 bits per heavy atom. The zero-order chi connectivity index (χ0) is 18.7. The molecule has 1 aromatic carbocycles. The maximum Gasteiger partial charge on any atom is 0.414 e. The number of carbonyl (C=O) groups excluding carboxylic acids is 2. The number of hydrogen-bond acceptors (Lipinski definition) is 5. The van der Waals surface area contributed by atoms with Gasteiger partial charge < -0.3 is 20.7 Å². The van der Waals surface area contributed by atoms with Crippen molar-refractivity contribution in [2.45, 2.75) is 38.3 Å².